The Labute approximate surface area is 148 Å². The van der Waals surface area contributed by atoms with Crippen molar-refractivity contribution in [3.8, 4) is 0 Å². The third-order valence-electron chi connectivity index (χ3n) is 4.87. The highest BCUT2D eigenvalue weighted by molar-refractivity contribution is 4.81. The summed E-state index contributed by atoms with van der Waals surface area (Å²) in [4.78, 5) is 0. The molecule has 0 aromatic rings. The Balaban J connectivity index is 3.02. The summed E-state index contributed by atoms with van der Waals surface area (Å²) in [7, 11) is 0. The highest BCUT2D eigenvalue weighted by Crippen LogP contribution is 2.12. The van der Waals surface area contributed by atoms with Crippen LogP contribution in [0.3, 0.4) is 0 Å². The van der Waals surface area contributed by atoms with Gasteiger partial charge in [-0.1, -0.05) is 122 Å². The Morgan fingerprint density at radius 1 is 0.348 bits per heavy atom. The molecule has 0 unspecified atom stereocenters. The number of hydrogen-bond donors (Lipinski definition) is 0. The molecule has 0 N–H and O–H groups in total. The zero-order chi connectivity index (χ0) is 16.8. The summed E-state index contributed by atoms with van der Waals surface area (Å²) in [5, 5.41) is 0. The molecule has 0 bridgehead atoms. The second kappa shape index (κ2) is 21.7. The standard InChI is InChI=1S/C23H46/c1-3-5-7-9-11-13-15-17-19-21-23-22-20-18-16-14-12-10-8-6-4-2/h17,19H,3-16,18,20-23H2,1-2H3. The van der Waals surface area contributed by atoms with Gasteiger partial charge in [0.25, 0.3) is 0 Å². The molecule has 0 saturated carbocycles. The molecular formula is C23H46. The molecule has 0 aliphatic heterocycles. The Kier molecular flexibility index (Phi) is 21.5. The highest BCUT2D eigenvalue weighted by atomic mass is 14.0. The van der Waals surface area contributed by atoms with Gasteiger partial charge in [-0.15, -0.1) is 0 Å². The first-order valence-electron chi connectivity index (χ1n) is 11.1. The highest BCUT2D eigenvalue weighted by Gasteiger charge is 1.92. The average molecular weight is 323 g/mol. The lowest BCUT2D eigenvalue weighted by molar-refractivity contribution is 0.550. The molecule has 0 heteroatoms. The van der Waals surface area contributed by atoms with Crippen molar-refractivity contribution in [3.05, 3.63) is 12.2 Å². The molecular weight excluding hydrogens is 276 g/mol. The zero-order valence-corrected chi connectivity index (χ0v) is 16.6. The Morgan fingerprint density at radius 3 is 0.913 bits per heavy atom. The van der Waals surface area contributed by atoms with E-state index in [-0.39, 0.29) is 0 Å². The van der Waals surface area contributed by atoms with Gasteiger partial charge in [-0.05, 0) is 25.7 Å². The normalized spacial score (nSPS) is 11.6. The molecule has 0 rings (SSSR count). The predicted octanol–water partition coefficient (Wildman–Crippen LogP) is 8.99. The minimum Gasteiger partial charge on any atom is -0.0885 e. The Bertz CT molecular complexity index is 216. The van der Waals surface area contributed by atoms with Crippen molar-refractivity contribution in [2.45, 2.75) is 136 Å². The summed E-state index contributed by atoms with van der Waals surface area (Å²) in [5.74, 6) is 0. The van der Waals surface area contributed by atoms with Crippen LogP contribution in [0.25, 0.3) is 0 Å². The number of rotatable bonds is 19. The van der Waals surface area contributed by atoms with Crippen LogP contribution < -0.4 is 0 Å². The molecule has 0 nitrogen and oxygen atoms in total. The minimum absolute atomic E-state index is 1.31. The van der Waals surface area contributed by atoms with Crippen molar-refractivity contribution in [2.24, 2.45) is 0 Å². The first-order chi connectivity index (χ1) is 11.4. The van der Waals surface area contributed by atoms with Gasteiger partial charge in [-0.2, -0.15) is 0 Å². The summed E-state index contributed by atoms with van der Waals surface area (Å²) in [6, 6.07) is 0. The maximum atomic E-state index is 2.43. The van der Waals surface area contributed by atoms with Gasteiger partial charge in [0.05, 0.1) is 0 Å². The van der Waals surface area contributed by atoms with Crippen molar-refractivity contribution in [1.82, 2.24) is 0 Å². The van der Waals surface area contributed by atoms with E-state index in [4.69, 9.17) is 0 Å². The maximum Gasteiger partial charge on any atom is -0.0351 e. The van der Waals surface area contributed by atoms with E-state index in [0.717, 1.165) is 0 Å². The van der Waals surface area contributed by atoms with E-state index in [1.165, 1.54) is 122 Å². The van der Waals surface area contributed by atoms with Crippen LogP contribution in [-0.2, 0) is 0 Å². The summed E-state index contributed by atoms with van der Waals surface area (Å²) in [6.07, 6.45) is 31.9. The van der Waals surface area contributed by atoms with E-state index >= 15 is 0 Å². The molecule has 23 heavy (non-hydrogen) atoms. The molecule has 0 atom stereocenters. The van der Waals surface area contributed by atoms with Gasteiger partial charge in [0.1, 0.15) is 0 Å². The summed E-state index contributed by atoms with van der Waals surface area (Å²) >= 11 is 0. The van der Waals surface area contributed by atoms with Crippen molar-refractivity contribution < 1.29 is 0 Å². The molecule has 0 spiro atoms. The Hall–Kier alpha value is -0.260. The van der Waals surface area contributed by atoms with Crippen molar-refractivity contribution in [3.63, 3.8) is 0 Å². The van der Waals surface area contributed by atoms with E-state index in [2.05, 4.69) is 26.0 Å². The van der Waals surface area contributed by atoms with E-state index < -0.39 is 0 Å². The molecule has 0 heterocycles. The molecule has 0 aromatic carbocycles. The first kappa shape index (κ1) is 22.7. The minimum atomic E-state index is 1.31. The zero-order valence-electron chi connectivity index (χ0n) is 16.6. The van der Waals surface area contributed by atoms with Crippen LogP contribution in [-0.4, -0.2) is 0 Å². The topological polar surface area (TPSA) is 0 Å². The van der Waals surface area contributed by atoms with E-state index in [9.17, 15) is 0 Å². The van der Waals surface area contributed by atoms with Crippen LogP contribution in [0.2, 0.25) is 0 Å². The largest absolute Gasteiger partial charge is 0.0885 e. The monoisotopic (exact) mass is 322 g/mol. The smallest absolute Gasteiger partial charge is 0.0351 e. The molecule has 138 valence electrons. The lowest BCUT2D eigenvalue weighted by Gasteiger charge is -2.01. The summed E-state index contributed by atoms with van der Waals surface area (Å²) in [6.45, 7) is 4.58. The Morgan fingerprint density at radius 2 is 0.609 bits per heavy atom. The molecule has 0 aliphatic carbocycles. The molecule has 0 aliphatic rings. The average Bonchev–Trinajstić information content (AvgIpc) is 2.57. The van der Waals surface area contributed by atoms with Gasteiger partial charge in [0, 0.05) is 0 Å². The van der Waals surface area contributed by atoms with Gasteiger partial charge >= 0.3 is 0 Å². The second-order valence-corrected chi connectivity index (χ2v) is 7.35. The van der Waals surface area contributed by atoms with Crippen LogP contribution in [0.15, 0.2) is 12.2 Å². The second-order valence-electron chi connectivity index (χ2n) is 7.35. The predicted molar refractivity (Wildman–Crippen MR) is 108 cm³/mol. The van der Waals surface area contributed by atoms with Crippen LogP contribution in [0.4, 0.5) is 0 Å². The number of hydrogen-bond acceptors (Lipinski definition) is 0. The van der Waals surface area contributed by atoms with Crippen LogP contribution in [0, 0.1) is 0 Å². The third-order valence-corrected chi connectivity index (χ3v) is 4.87. The van der Waals surface area contributed by atoms with E-state index in [1.54, 1.807) is 0 Å². The number of unbranched alkanes of at least 4 members (excludes halogenated alkanes) is 17. The molecule has 0 amide bonds. The molecule has 0 fully saturated rings. The maximum absolute atomic E-state index is 2.43. The van der Waals surface area contributed by atoms with Gasteiger partial charge in [0.2, 0.25) is 0 Å². The van der Waals surface area contributed by atoms with Crippen molar-refractivity contribution >= 4 is 0 Å². The van der Waals surface area contributed by atoms with E-state index in [0.29, 0.717) is 0 Å². The van der Waals surface area contributed by atoms with Gasteiger partial charge < -0.3 is 0 Å². The number of allylic oxidation sites excluding steroid dienone is 2. The molecule has 0 saturated heterocycles. The SMILES string of the molecule is CCCCCCCCC=CCCCCCCCCCCCCC. The quantitative estimate of drug-likeness (QED) is 0.164. The van der Waals surface area contributed by atoms with Crippen LogP contribution >= 0.6 is 0 Å². The van der Waals surface area contributed by atoms with Crippen LogP contribution in [0.5, 0.6) is 0 Å². The van der Waals surface area contributed by atoms with Crippen molar-refractivity contribution in [1.29, 1.82) is 0 Å². The van der Waals surface area contributed by atoms with Gasteiger partial charge in [-0.25, -0.2) is 0 Å². The molecule has 0 radical (unpaired) electrons. The third kappa shape index (κ3) is 21.7. The van der Waals surface area contributed by atoms with Crippen molar-refractivity contribution in [2.75, 3.05) is 0 Å². The van der Waals surface area contributed by atoms with Gasteiger partial charge in [-0.3, -0.25) is 0 Å². The van der Waals surface area contributed by atoms with Gasteiger partial charge in [0.15, 0.2) is 0 Å². The fourth-order valence-corrected chi connectivity index (χ4v) is 3.20. The lowest BCUT2D eigenvalue weighted by atomic mass is 10.1. The summed E-state index contributed by atoms with van der Waals surface area (Å²) in [5.41, 5.74) is 0. The fraction of sp³-hybridized carbons (Fsp3) is 0.913. The van der Waals surface area contributed by atoms with E-state index in [1.807, 2.05) is 0 Å². The fourth-order valence-electron chi connectivity index (χ4n) is 3.20. The molecule has 0 aromatic heterocycles. The summed E-state index contributed by atoms with van der Waals surface area (Å²) < 4.78 is 0. The lowest BCUT2D eigenvalue weighted by Crippen LogP contribution is -1.82. The van der Waals surface area contributed by atoms with Crippen LogP contribution in [0.1, 0.15) is 136 Å². The first-order valence-corrected chi connectivity index (χ1v) is 11.1.